The molecular formula is C12H23N3O2S2. The summed E-state index contributed by atoms with van der Waals surface area (Å²) in [4.78, 5) is 0.437. The highest BCUT2D eigenvalue weighted by atomic mass is 32.2. The lowest BCUT2D eigenvalue weighted by molar-refractivity contribution is 0.244. The normalized spacial score (nSPS) is 28.4. The Morgan fingerprint density at radius 2 is 1.79 bits per heavy atom. The quantitative estimate of drug-likeness (QED) is 0.789. The van der Waals surface area contributed by atoms with Crippen molar-refractivity contribution in [3.8, 4) is 0 Å². The molecule has 1 unspecified atom stereocenters. The summed E-state index contributed by atoms with van der Waals surface area (Å²) >= 11 is 5.01. The summed E-state index contributed by atoms with van der Waals surface area (Å²) in [7, 11) is -3.32. The number of thiocarbonyl (C=S) groups is 1. The van der Waals surface area contributed by atoms with Crippen LogP contribution in [0.25, 0.3) is 0 Å². The van der Waals surface area contributed by atoms with Crippen molar-refractivity contribution in [3.05, 3.63) is 0 Å². The molecule has 0 spiro atoms. The van der Waals surface area contributed by atoms with E-state index in [4.69, 9.17) is 18.0 Å². The van der Waals surface area contributed by atoms with E-state index in [0.717, 1.165) is 25.7 Å². The molecule has 0 aromatic carbocycles. The average molecular weight is 305 g/mol. The molecule has 0 aromatic rings. The summed E-state index contributed by atoms with van der Waals surface area (Å²) in [6.07, 6.45) is 3.64. The van der Waals surface area contributed by atoms with Gasteiger partial charge >= 0.3 is 0 Å². The lowest BCUT2D eigenvalue weighted by Gasteiger charge is -2.37. The van der Waals surface area contributed by atoms with E-state index in [1.165, 1.54) is 0 Å². The fourth-order valence-corrected chi connectivity index (χ4v) is 4.68. The van der Waals surface area contributed by atoms with Gasteiger partial charge in [0.1, 0.15) is 0 Å². The van der Waals surface area contributed by atoms with Crippen LogP contribution >= 0.6 is 12.2 Å². The molecule has 2 heterocycles. The molecule has 7 heteroatoms. The highest BCUT2D eigenvalue weighted by Gasteiger charge is 2.35. The van der Waals surface area contributed by atoms with Crippen LogP contribution in [0, 0.1) is 11.8 Å². The van der Waals surface area contributed by atoms with Gasteiger partial charge in [-0.25, -0.2) is 0 Å². The monoisotopic (exact) mass is 305 g/mol. The van der Waals surface area contributed by atoms with E-state index in [1.807, 2.05) is 0 Å². The molecule has 2 rings (SSSR count). The first-order chi connectivity index (χ1) is 8.91. The van der Waals surface area contributed by atoms with Crippen LogP contribution in [0.2, 0.25) is 0 Å². The van der Waals surface area contributed by atoms with Gasteiger partial charge in [-0.3, -0.25) is 0 Å². The van der Waals surface area contributed by atoms with Crippen molar-refractivity contribution < 1.29 is 8.42 Å². The van der Waals surface area contributed by atoms with Gasteiger partial charge in [-0.15, -0.1) is 0 Å². The Morgan fingerprint density at radius 3 is 2.37 bits per heavy atom. The molecule has 0 aromatic heterocycles. The molecule has 2 fully saturated rings. The Bertz CT molecular complexity index is 430. The van der Waals surface area contributed by atoms with Crippen molar-refractivity contribution in [2.24, 2.45) is 17.6 Å². The van der Waals surface area contributed by atoms with E-state index in [1.54, 1.807) is 8.61 Å². The topological polar surface area (TPSA) is 66.6 Å². The Labute approximate surface area is 121 Å². The molecule has 2 aliphatic rings. The lowest BCUT2D eigenvalue weighted by atomic mass is 10.00. The van der Waals surface area contributed by atoms with Crippen LogP contribution in [-0.2, 0) is 10.2 Å². The van der Waals surface area contributed by atoms with Gasteiger partial charge in [-0.2, -0.15) is 17.0 Å². The summed E-state index contributed by atoms with van der Waals surface area (Å²) < 4.78 is 28.4. The molecule has 0 radical (unpaired) electrons. The lowest BCUT2D eigenvalue weighted by Crippen LogP contribution is -2.51. The summed E-state index contributed by atoms with van der Waals surface area (Å²) in [5, 5.41) is 0. The minimum atomic E-state index is -3.32. The fraction of sp³-hybridized carbons (Fsp3) is 0.917. The number of hydrogen-bond acceptors (Lipinski definition) is 3. The maximum Gasteiger partial charge on any atom is 0.281 e. The summed E-state index contributed by atoms with van der Waals surface area (Å²) in [6.45, 7) is 4.49. The average Bonchev–Trinajstić information content (AvgIpc) is 2.39. The van der Waals surface area contributed by atoms with Gasteiger partial charge in [0.15, 0.2) is 0 Å². The van der Waals surface area contributed by atoms with Crippen LogP contribution in [0.3, 0.4) is 0 Å². The second-order valence-electron chi connectivity index (χ2n) is 5.69. The molecule has 110 valence electrons. The maximum atomic E-state index is 12.6. The second-order valence-corrected chi connectivity index (χ2v) is 8.09. The van der Waals surface area contributed by atoms with Gasteiger partial charge in [0.05, 0.1) is 4.99 Å². The van der Waals surface area contributed by atoms with E-state index >= 15 is 0 Å². The third-order valence-electron chi connectivity index (χ3n) is 4.18. The molecule has 2 aliphatic heterocycles. The second kappa shape index (κ2) is 6.03. The molecule has 0 aliphatic carbocycles. The Hall–Kier alpha value is -0.240. The maximum absolute atomic E-state index is 12.6. The predicted molar refractivity (Wildman–Crippen MR) is 80.0 cm³/mol. The fourth-order valence-electron chi connectivity index (χ4n) is 2.76. The third-order valence-corrected chi connectivity index (χ3v) is 6.52. The molecule has 2 saturated heterocycles. The standard InChI is InChI=1S/C12H23N3O2S2/c1-10-4-7-14(8-5-10)19(16,17)15-6-2-3-11(9-15)12(13)18/h10-11H,2-9H2,1H3,(H2,13,18). The van der Waals surface area contributed by atoms with Gasteiger partial charge in [-0.1, -0.05) is 19.1 Å². The van der Waals surface area contributed by atoms with E-state index in [9.17, 15) is 8.42 Å². The number of rotatable bonds is 3. The first-order valence-corrected chi connectivity index (χ1v) is 8.76. The van der Waals surface area contributed by atoms with E-state index in [0.29, 0.717) is 37.1 Å². The van der Waals surface area contributed by atoms with E-state index in [2.05, 4.69) is 6.92 Å². The van der Waals surface area contributed by atoms with Crippen LogP contribution < -0.4 is 5.73 Å². The summed E-state index contributed by atoms with van der Waals surface area (Å²) in [5.41, 5.74) is 5.67. The minimum Gasteiger partial charge on any atom is -0.393 e. The Kier molecular flexibility index (Phi) is 4.81. The van der Waals surface area contributed by atoms with Crippen LogP contribution in [0.4, 0.5) is 0 Å². The van der Waals surface area contributed by atoms with Crippen molar-refractivity contribution in [2.75, 3.05) is 26.2 Å². The van der Waals surface area contributed by atoms with Gasteiger partial charge in [0.25, 0.3) is 10.2 Å². The Balaban J connectivity index is 2.04. The van der Waals surface area contributed by atoms with Crippen LogP contribution in [-0.4, -0.2) is 48.2 Å². The molecule has 1 atom stereocenters. The van der Waals surface area contributed by atoms with Crippen LogP contribution in [0.15, 0.2) is 0 Å². The van der Waals surface area contributed by atoms with Crippen LogP contribution in [0.1, 0.15) is 32.6 Å². The van der Waals surface area contributed by atoms with Gasteiger partial charge in [-0.05, 0) is 31.6 Å². The van der Waals surface area contributed by atoms with Crippen molar-refractivity contribution in [1.29, 1.82) is 0 Å². The van der Waals surface area contributed by atoms with Crippen LogP contribution in [0.5, 0.6) is 0 Å². The molecule has 0 amide bonds. The van der Waals surface area contributed by atoms with E-state index in [-0.39, 0.29) is 5.92 Å². The number of hydrogen-bond donors (Lipinski definition) is 1. The zero-order valence-corrected chi connectivity index (χ0v) is 13.0. The van der Waals surface area contributed by atoms with Gasteiger partial charge < -0.3 is 5.73 Å². The molecule has 19 heavy (non-hydrogen) atoms. The molecule has 0 bridgehead atoms. The largest absolute Gasteiger partial charge is 0.393 e. The molecular weight excluding hydrogens is 282 g/mol. The SMILES string of the molecule is CC1CCN(S(=O)(=O)N2CCCC(C(N)=S)C2)CC1. The van der Waals surface area contributed by atoms with Gasteiger partial charge in [0, 0.05) is 32.1 Å². The zero-order chi connectivity index (χ0) is 14.0. The van der Waals surface area contributed by atoms with Crippen molar-refractivity contribution in [2.45, 2.75) is 32.6 Å². The molecule has 2 N–H and O–H groups in total. The third kappa shape index (κ3) is 3.45. The zero-order valence-electron chi connectivity index (χ0n) is 11.4. The number of nitrogens with two attached hydrogens (primary N) is 1. The first kappa shape index (κ1) is 15.2. The van der Waals surface area contributed by atoms with Crippen molar-refractivity contribution in [1.82, 2.24) is 8.61 Å². The highest BCUT2D eigenvalue weighted by Crippen LogP contribution is 2.25. The van der Waals surface area contributed by atoms with Crippen molar-refractivity contribution >= 4 is 27.4 Å². The predicted octanol–water partition coefficient (Wildman–Crippen LogP) is 0.961. The summed E-state index contributed by atoms with van der Waals surface area (Å²) in [6, 6.07) is 0. The minimum absolute atomic E-state index is 0.0299. The van der Waals surface area contributed by atoms with E-state index < -0.39 is 10.2 Å². The number of piperidine rings is 2. The Morgan fingerprint density at radius 1 is 1.16 bits per heavy atom. The number of nitrogens with zero attached hydrogens (tertiary/aromatic N) is 2. The summed E-state index contributed by atoms with van der Waals surface area (Å²) in [5.74, 6) is 0.652. The molecule has 0 saturated carbocycles. The van der Waals surface area contributed by atoms with Gasteiger partial charge in [0.2, 0.25) is 0 Å². The molecule has 5 nitrogen and oxygen atoms in total. The smallest absolute Gasteiger partial charge is 0.281 e. The first-order valence-electron chi connectivity index (χ1n) is 6.96. The highest BCUT2D eigenvalue weighted by molar-refractivity contribution is 7.86. The van der Waals surface area contributed by atoms with Crippen molar-refractivity contribution in [3.63, 3.8) is 0 Å².